The van der Waals surface area contributed by atoms with Gasteiger partial charge in [0.15, 0.2) is 0 Å². The molecule has 0 saturated carbocycles. The van der Waals surface area contributed by atoms with Crippen LogP contribution in [0.2, 0.25) is 0 Å². The summed E-state index contributed by atoms with van der Waals surface area (Å²) < 4.78 is 2.81. The van der Waals surface area contributed by atoms with Crippen molar-refractivity contribution in [2.45, 2.75) is 27.7 Å². The molecule has 0 spiro atoms. The van der Waals surface area contributed by atoms with Crippen molar-refractivity contribution in [3.05, 3.63) is 48.0 Å². The number of fused-ring (bicyclic) bond motifs is 3. The van der Waals surface area contributed by atoms with Crippen LogP contribution in [0.1, 0.15) is 26.3 Å². The molecular weight excluding hydrogens is 236 g/mol. The van der Waals surface area contributed by atoms with Crippen LogP contribution in [0.3, 0.4) is 0 Å². The molecule has 0 amide bonds. The Kier molecular flexibility index (Phi) is 4.03. The van der Waals surface area contributed by atoms with Crippen molar-refractivity contribution in [3.8, 4) is 0 Å². The van der Waals surface area contributed by atoms with E-state index in [0.717, 1.165) is 5.92 Å². The van der Waals surface area contributed by atoms with Crippen LogP contribution in [0.5, 0.6) is 0 Å². The van der Waals surface area contributed by atoms with Crippen LogP contribution in [-0.4, -0.2) is 0 Å². The van der Waals surface area contributed by atoms with Crippen LogP contribution in [-0.2, 0) is 0 Å². The van der Waals surface area contributed by atoms with E-state index in [9.17, 15) is 0 Å². The third-order valence-corrected chi connectivity index (χ3v) is 3.92. The summed E-state index contributed by atoms with van der Waals surface area (Å²) in [5.74, 6) is 0.833. The lowest BCUT2D eigenvalue weighted by atomic mass is 10.1. The highest BCUT2D eigenvalue weighted by atomic mass is 32.1. The van der Waals surface area contributed by atoms with E-state index in [4.69, 9.17) is 0 Å². The first kappa shape index (κ1) is 13.1. The number of benzene rings is 2. The van der Waals surface area contributed by atoms with E-state index >= 15 is 0 Å². The molecule has 0 atom stereocenters. The van der Waals surface area contributed by atoms with Gasteiger partial charge in [-0.1, -0.05) is 57.2 Å². The number of aryl methyl sites for hydroxylation is 1. The quantitative estimate of drug-likeness (QED) is 0.461. The van der Waals surface area contributed by atoms with Crippen LogP contribution in [0.4, 0.5) is 0 Å². The smallest absolute Gasteiger partial charge is 0.0384 e. The Labute approximate surface area is 113 Å². The topological polar surface area (TPSA) is 0 Å². The minimum atomic E-state index is 0.833. The number of hydrogen-bond acceptors (Lipinski definition) is 1. The van der Waals surface area contributed by atoms with Crippen LogP contribution < -0.4 is 0 Å². The van der Waals surface area contributed by atoms with Crippen LogP contribution in [0.15, 0.2) is 42.5 Å². The number of hydrogen-bond donors (Lipinski definition) is 0. The van der Waals surface area contributed by atoms with E-state index in [1.54, 1.807) is 0 Å². The van der Waals surface area contributed by atoms with Gasteiger partial charge >= 0.3 is 0 Å². The molecule has 1 heteroatoms. The molecule has 3 rings (SSSR count). The highest BCUT2D eigenvalue weighted by Crippen LogP contribution is 2.35. The van der Waals surface area contributed by atoms with Crippen LogP contribution >= 0.6 is 11.3 Å². The Morgan fingerprint density at radius 3 is 2.17 bits per heavy atom. The Balaban J connectivity index is 0.000000267. The maximum absolute atomic E-state index is 2.21. The Morgan fingerprint density at radius 1 is 0.833 bits per heavy atom. The predicted octanol–water partition coefficient (Wildman–Crippen LogP) is 6.03. The summed E-state index contributed by atoms with van der Waals surface area (Å²) in [5, 5.41) is 2.78. The first-order valence-corrected chi connectivity index (χ1v) is 7.28. The molecule has 94 valence electrons. The lowest BCUT2D eigenvalue weighted by molar-refractivity contribution is 0.737. The third kappa shape index (κ3) is 2.73. The average Bonchev–Trinajstić information content (AvgIpc) is 2.69. The number of thiophene rings is 1. The summed E-state index contributed by atoms with van der Waals surface area (Å²) in [7, 11) is 0. The van der Waals surface area contributed by atoms with Gasteiger partial charge < -0.3 is 0 Å². The van der Waals surface area contributed by atoms with Crippen molar-refractivity contribution < 1.29 is 0 Å². The minimum Gasteiger partial charge on any atom is -0.135 e. The Morgan fingerprint density at radius 2 is 1.44 bits per heavy atom. The largest absolute Gasteiger partial charge is 0.135 e. The van der Waals surface area contributed by atoms with Crippen LogP contribution in [0, 0.1) is 12.8 Å². The summed E-state index contributed by atoms with van der Waals surface area (Å²) >= 11 is 1.89. The molecule has 0 aliphatic carbocycles. The second-order valence-electron chi connectivity index (χ2n) is 5.28. The van der Waals surface area contributed by atoms with Gasteiger partial charge in [-0.2, -0.15) is 0 Å². The highest BCUT2D eigenvalue weighted by Gasteiger charge is 2.04. The van der Waals surface area contributed by atoms with Gasteiger partial charge in [-0.15, -0.1) is 11.3 Å². The normalized spacial score (nSPS) is 10.7. The SMILES string of the molecule is CC(C)C.Cc1cccc2c1sc1ccccc12. The van der Waals surface area contributed by atoms with Gasteiger partial charge in [-0.05, 0) is 24.5 Å². The molecule has 1 aromatic heterocycles. The second kappa shape index (κ2) is 5.53. The third-order valence-electron chi connectivity index (χ3n) is 2.60. The highest BCUT2D eigenvalue weighted by molar-refractivity contribution is 7.26. The molecule has 0 bridgehead atoms. The van der Waals surface area contributed by atoms with Gasteiger partial charge in [0, 0.05) is 20.2 Å². The molecule has 0 unspecified atom stereocenters. The summed E-state index contributed by atoms with van der Waals surface area (Å²) in [6.07, 6.45) is 0. The van der Waals surface area contributed by atoms with E-state index in [1.807, 2.05) is 11.3 Å². The van der Waals surface area contributed by atoms with E-state index in [2.05, 4.69) is 70.2 Å². The molecule has 0 aliphatic heterocycles. The minimum absolute atomic E-state index is 0.833. The van der Waals surface area contributed by atoms with Gasteiger partial charge in [-0.25, -0.2) is 0 Å². The van der Waals surface area contributed by atoms with Crippen molar-refractivity contribution in [3.63, 3.8) is 0 Å². The second-order valence-corrected chi connectivity index (χ2v) is 6.33. The van der Waals surface area contributed by atoms with Gasteiger partial charge in [0.1, 0.15) is 0 Å². The Hall–Kier alpha value is -1.34. The lowest BCUT2D eigenvalue weighted by Crippen LogP contribution is -1.69. The van der Waals surface area contributed by atoms with Gasteiger partial charge in [-0.3, -0.25) is 0 Å². The summed E-state index contributed by atoms with van der Waals surface area (Å²) in [5.41, 5.74) is 1.38. The maximum Gasteiger partial charge on any atom is 0.0384 e. The van der Waals surface area contributed by atoms with Crippen molar-refractivity contribution in [2.75, 3.05) is 0 Å². The molecule has 0 nitrogen and oxygen atoms in total. The first-order chi connectivity index (χ1) is 8.59. The van der Waals surface area contributed by atoms with Crippen molar-refractivity contribution >= 4 is 31.5 Å². The predicted molar refractivity (Wildman–Crippen MR) is 84.6 cm³/mol. The molecule has 18 heavy (non-hydrogen) atoms. The summed E-state index contributed by atoms with van der Waals surface area (Å²) in [6, 6.07) is 15.1. The lowest BCUT2D eigenvalue weighted by Gasteiger charge is -1.93. The fourth-order valence-electron chi connectivity index (χ4n) is 1.89. The first-order valence-electron chi connectivity index (χ1n) is 6.46. The Bertz CT molecular complexity index is 644. The fraction of sp³-hybridized carbons (Fsp3) is 0.294. The van der Waals surface area contributed by atoms with Gasteiger partial charge in [0.05, 0.1) is 0 Å². The zero-order valence-electron chi connectivity index (χ0n) is 11.5. The van der Waals surface area contributed by atoms with E-state index in [0.29, 0.717) is 0 Å². The van der Waals surface area contributed by atoms with Crippen molar-refractivity contribution in [1.82, 2.24) is 0 Å². The fourth-order valence-corrected chi connectivity index (χ4v) is 3.06. The molecule has 0 radical (unpaired) electrons. The summed E-state index contributed by atoms with van der Waals surface area (Å²) in [4.78, 5) is 0. The number of rotatable bonds is 0. The molecule has 3 aromatic rings. The van der Waals surface area contributed by atoms with Crippen LogP contribution in [0.25, 0.3) is 20.2 Å². The molecule has 2 aromatic carbocycles. The zero-order chi connectivity index (χ0) is 13.1. The maximum atomic E-state index is 2.21. The van der Waals surface area contributed by atoms with Gasteiger partial charge in [0.25, 0.3) is 0 Å². The summed E-state index contributed by atoms with van der Waals surface area (Å²) in [6.45, 7) is 8.68. The van der Waals surface area contributed by atoms with Crippen molar-refractivity contribution in [1.29, 1.82) is 0 Å². The van der Waals surface area contributed by atoms with Crippen molar-refractivity contribution in [2.24, 2.45) is 5.92 Å². The monoisotopic (exact) mass is 256 g/mol. The zero-order valence-corrected chi connectivity index (χ0v) is 12.3. The molecule has 0 saturated heterocycles. The molecule has 0 aliphatic rings. The molecule has 0 N–H and O–H groups in total. The van der Waals surface area contributed by atoms with E-state index < -0.39 is 0 Å². The van der Waals surface area contributed by atoms with E-state index in [-0.39, 0.29) is 0 Å². The molecule has 0 fully saturated rings. The molecular formula is C17H20S. The average molecular weight is 256 g/mol. The standard InChI is InChI=1S/C13H10S.C4H10/c1-9-5-4-7-11-10-6-2-3-8-12(10)14-13(9)11;1-4(2)3/h2-8H,1H3;4H,1-3H3. The molecule has 1 heterocycles. The van der Waals surface area contributed by atoms with E-state index in [1.165, 1.54) is 25.7 Å². The van der Waals surface area contributed by atoms with Gasteiger partial charge in [0.2, 0.25) is 0 Å².